The summed E-state index contributed by atoms with van der Waals surface area (Å²) in [5.74, 6) is 0. The molecule has 2 saturated heterocycles. The van der Waals surface area contributed by atoms with Crippen LogP contribution in [0.2, 0.25) is 0 Å². The van der Waals surface area contributed by atoms with Gasteiger partial charge in [-0.15, -0.1) is 0 Å². The van der Waals surface area contributed by atoms with Crippen molar-refractivity contribution in [1.29, 1.82) is 0 Å². The number of nitrogens with one attached hydrogen (secondary N) is 1. The molecule has 2 aliphatic rings. The maximum Gasteiger partial charge on any atom is 0.0490 e. The number of hydrogen-bond acceptors (Lipinski definition) is 3. The van der Waals surface area contributed by atoms with E-state index in [0.29, 0.717) is 0 Å². The van der Waals surface area contributed by atoms with E-state index >= 15 is 0 Å². The Kier molecular flexibility index (Phi) is 2.58. The largest absolute Gasteiger partial charge is 0.319 e. The van der Waals surface area contributed by atoms with Crippen molar-refractivity contribution in [3.63, 3.8) is 0 Å². The lowest BCUT2D eigenvalue weighted by Crippen LogP contribution is -2.53. The zero-order valence-electron chi connectivity index (χ0n) is 9.76. The normalized spacial score (nSPS) is 30.6. The molecule has 0 amide bonds. The highest BCUT2D eigenvalue weighted by Gasteiger charge is 2.37. The lowest BCUT2D eigenvalue weighted by atomic mass is 10.2. The second-order valence-electron chi connectivity index (χ2n) is 4.93. The average molecular weight is 217 g/mol. The van der Waals surface area contributed by atoms with Gasteiger partial charge >= 0.3 is 0 Å². The van der Waals surface area contributed by atoms with E-state index in [2.05, 4.69) is 52.7 Å². The quantitative estimate of drug-likeness (QED) is 0.815. The van der Waals surface area contributed by atoms with Gasteiger partial charge in [-0.1, -0.05) is 18.2 Å². The van der Waals surface area contributed by atoms with Crippen LogP contribution in [0.3, 0.4) is 0 Å². The molecule has 86 valence electrons. The van der Waals surface area contributed by atoms with Gasteiger partial charge < -0.3 is 5.43 Å². The molecule has 3 heteroatoms. The highest BCUT2D eigenvalue weighted by Crippen LogP contribution is 2.28. The molecule has 2 aliphatic heterocycles. The van der Waals surface area contributed by atoms with Crippen molar-refractivity contribution >= 4 is 5.69 Å². The second-order valence-corrected chi connectivity index (χ2v) is 4.93. The Morgan fingerprint density at radius 2 is 1.69 bits per heavy atom. The van der Waals surface area contributed by atoms with E-state index in [1.807, 2.05) is 0 Å². The minimum absolute atomic E-state index is 0.745. The van der Waals surface area contributed by atoms with E-state index in [-0.39, 0.29) is 0 Å². The second kappa shape index (κ2) is 4.07. The fourth-order valence-corrected chi connectivity index (χ4v) is 2.90. The molecule has 2 atom stereocenters. The predicted octanol–water partition coefficient (Wildman–Crippen LogP) is 1.79. The number of piperazine rings is 1. The summed E-state index contributed by atoms with van der Waals surface area (Å²) in [7, 11) is 2.27. The minimum atomic E-state index is 0.745. The third-order valence-electron chi connectivity index (χ3n) is 3.91. The molecule has 1 aromatic carbocycles. The van der Waals surface area contributed by atoms with Crippen LogP contribution in [0.15, 0.2) is 30.3 Å². The summed E-state index contributed by atoms with van der Waals surface area (Å²) < 4.78 is 0. The molecule has 1 aromatic rings. The van der Waals surface area contributed by atoms with E-state index in [4.69, 9.17) is 0 Å². The van der Waals surface area contributed by atoms with Crippen molar-refractivity contribution in [3.8, 4) is 0 Å². The molecule has 0 radical (unpaired) electrons. The van der Waals surface area contributed by atoms with Gasteiger partial charge in [-0.05, 0) is 32.0 Å². The first kappa shape index (κ1) is 10.1. The number of likely N-dealkylation sites (N-methyl/N-ethyl adjacent to an activating group) is 1. The summed E-state index contributed by atoms with van der Waals surface area (Å²) in [6.07, 6.45) is 2.71. The highest BCUT2D eigenvalue weighted by molar-refractivity contribution is 5.41. The van der Waals surface area contributed by atoms with E-state index in [0.717, 1.165) is 25.2 Å². The van der Waals surface area contributed by atoms with Gasteiger partial charge in [0.15, 0.2) is 0 Å². The van der Waals surface area contributed by atoms with Crippen LogP contribution < -0.4 is 5.43 Å². The van der Waals surface area contributed by atoms with Crippen LogP contribution >= 0.6 is 0 Å². The van der Waals surface area contributed by atoms with Gasteiger partial charge in [-0.2, -0.15) is 0 Å². The molecule has 0 saturated carbocycles. The fraction of sp³-hybridized carbons (Fsp3) is 0.538. The van der Waals surface area contributed by atoms with Crippen molar-refractivity contribution in [2.24, 2.45) is 0 Å². The van der Waals surface area contributed by atoms with Crippen molar-refractivity contribution in [3.05, 3.63) is 30.3 Å². The molecule has 0 spiro atoms. The monoisotopic (exact) mass is 217 g/mol. The van der Waals surface area contributed by atoms with E-state index in [1.165, 1.54) is 18.5 Å². The third kappa shape index (κ3) is 1.81. The minimum Gasteiger partial charge on any atom is -0.319 e. The molecule has 2 heterocycles. The standard InChI is InChI=1S/C13H19N3/c1-15-12-7-8-13(15)10-16(9-12)14-11-5-3-2-4-6-11/h2-6,12-14H,7-10H2,1H3. The lowest BCUT2D eigenvalue weighted by Gasteiger charge is -2.39. The molecular weight excluding hydrogens is 198 g/mol. The van der Waals surface area contributed by atoms with Crippen LogP contribution in [-0.4, -0.2) is 42.1 Å². The molecule has 3 nitrogen and oxygen atoms in total. The van der Waals surface area contributed by atoms with Crippen LogP contribution in [0.5, 0.6) is 0 Å². The molecule has 0 aliphatic carbocycles. The number of fused-ring (bicyclic) bond motifs is 2. The smallest absolute Gasteiger partial charge is 0.0490 e. The van der Waals surface area contributed by atoms with Crippen LogP contribution in [0.1, 0.15) is 12.8 Å². The number of rotatable bonds is 2. The Morgan fingerprint density at radius 1 is 1.06 bits per heavy atom. The van der Waals surface area contributed by atoms with Gasteiger partial charge in [-0.3, -0.25) is 4.90 Å². The maximum absolute atomic E-state index is 3.51. The number of hydrazine groups is 1. The average Bonchev–Trinajstić information content (AvgIpc) is 2.54. The summed E-state index contributed by atoms with van der Waals surface area (Å²) in [4.78, 5) is 2.54. The Balaban J connectivity index is 1.66. The molecular formula is C13H19N3. The SMILES string of the molecule is CN1C2CCC1CN(Nc1ccccc1)C2. The van der Waals surface area contributed by atoms with Gasteiger partial charge in [0.25, 0.3) is 0 Å². The van der Waals surface area contributed by atoms with Crippen molar-refractivity contribution in [1.82, 2.24) is 9.91 Å². The fourth-order valence-electron chi connectivity index (χ4n) is 2.90. The number of hydrogen-bond donors (Lipinski definition) is 1. The summed E-state index contributed by atoms with van der Waals surface area (Å²) in [6, 6.07) is 11.9. The summed E-state index contributed by atoms with van der Waals surface area (Å²) in [6.45, 7) is 2.28. The Labute approximate surface area is 97.0 Å². The Morgan fingerprint density at radius 3 is 2.31 bits per heavy atom. The van der Waals surface area contributed by atoms with Crippen molar-refractivity contribution < 1.29 is 0 Å². The number of anilines is 1. The Hall–Kier alpha value is -1.06. The molecule has 0 aromatic heterocycles. The summed E-state index contributed by atoms with van der Waals surface area (Å²) >= 11 is 0. The Bertz CT molecular complexity index is 337. The maximum atomic E-state index is 3.51. The van der Waals surface area contributed by atoms with E-state index in [9.17, 15) is 0 Å². The third-order valence-corrected chi connectivity index (χ3v) is 3.91. The molecule has 16 heavy (non-hydrogen) atoms. The van der Waals surface area contributed by atoms with Crippen molar-refractivity contribution in [2.45, 2.75) is 24.9 Å². The predicted molar refractivity (Wildman–Crippen MR) is 66.2 cm³/mol. The first-order valence-corrected chi connectivity index (χ1v) is 6.11. The molecule has 2 bridgehead atoms. The molecule has 2 fully saturated rings. The van der Waals surface area contributed by atoms with Crippen LogP contribution in [0.4, 0.5) is 5.69 Å². The molecule has 2 unspecified atom stereocenters. The summed E-state index contributed by atoms with van der Waals surface area (Å²) in [5.41, 5.74) is 4.71. The highest BCUT2D eigenvalue weighted by atomic mass is 15.5. The first-order chi connectivity index (χ1) is 7.83. The van der Waals surface area contributed by atoms with Gasteiger partial charge in [0.05, 0.1) is 0 Å². The van der Waals surface area contributed by atoms with E-state index < -0.39 is 0 Å². The van der Waals surface area contributed by atoms with E-state index in [1.54, 1.807) is 0 Å². The topological polar surface area (TPSA) is 18.5 Å². The van der Waals surface area contributed by atoms with Gasteiger partial charge in [-0.25, -0.2) is 5.01 Å². The summed E-state index contributed by atoms with van der Waals surface area (Å²) in [5, 5.41) is 2.37. The van der Waals surface area contributed by atoms with Crippen molar-refractivity contribution in [2.75, 3.05) is 25.6 Å². The van der Waals surface area contributed by atoms with Gasteiger partial charge in [0, 0.05) is 30.9 Å². The van der Waals surface area contributed by atoms with Crippen LogP contribution in [0.25, 0.3) is 0 Å². The zero-order chi connectivity index (χ0) is 11.0. The number of para-hydroxylation sites is 1. The lowest BCUT2D eigenvalue weighted by molar-refractivity contribution is 0.106. The zero-order valence-corrected chi connectivity index (χ0v) is 9.76. The van der Waals surface area contributed by atoms with Crippen LogP contribution in [-0.2, 0) is 0 Å². The van der Waals surface area contributed by atoms with Crippen LogP contribution in [0, 0.1) is 0 Å². The number of benzene rings is 1. The first-order valence-electron chi connectivity index (χ1n) is 6.11. The molecule has 3 rings (SSSR count). The number of nitrogens with zero attached hydrogens (tertiary/aromatic N) is 2. The molecule has 1 N–H and O–H groups in total. The van der Waals surface area contributed by atoms with Gasteiger partial charge in [0.1, 0.15) is 0 Å². The van der Waals surface area contributed by atoms with Gasteiger partial charge in [0.2, 0.25) is 0 Å².